The number of carbonyl (C=O) groups is 1. The first-order chi connectivity index (χ1) is 12.3. The molecule has 3 rings (SSSR count). The molecule has 0 saturated heterocycles. The molecule has 1 amide bonds. The third-order valence-electron chi connectivity index (χ3n) is 4.08. The van der Waals surface area contributed by atoms with Crippen LogP contribution in [-0.2, 0) is 11.2 Å². The highest BCUT2D eigenvalue weighted by molar-refractivity contribution is 6.35. The van der Waals surface area contributed by atoms with Crippen LogP contribution in [0.25, 0.3) is 11.0 Å². The van der Waals surface area contributed by atoms with E-state index in [0.717, 1.165) is 10.9 Å². The van der Waals surface area contributed by atoms with Crippen LogP contribution in [0.2, 0.25) is 10.0 Å². The molecule has 0 aliphatic rings. The molecule has 3 aromatic rings. The molecule has 0 aliphatic heterocycles. The molecule has 0 spiro atoms. The minimum Gasteiger partial charge on any atom is -0.508 e. The number of phenolic OH excluding ortho intramolecular Hbond substituents is 1. The van der Waals surface area contributed by atoms with Gasteiger partial charge in [-0.05, 0) is 49.2 Å². The Morgan fingerprint density at radius 2 is 1.96 bits per heavy atom. The number of phenols is 1. The summed E-state index contributed by atoms with van der Waals surface area (Å²) in [5.74, 6) is -0.274. The molecule has 0 unspecified atom stereocenters. The zero-order valence-electron chi connectivity index (χ0n) is 13.8. The SMILES string of the molecule is Cc1c(CCC(=O)Nc2cc(Cl)ccc2Cl)c(=O)oc2cc(O)ccc12. The minimum atomic E-state index is -0.519. The Hall–Kier alpha value is -2.50. The van der Waals surface area contributed by atoms with E-state index in [1.54, 1.807) is 31.2 Å². The summed E-state index contributed by atoms with van der Waals surface area (Å²) in [7, 11) is 0. The van der Waals surface area contributed by atoms with E-state index < -0.39 is 5.63 Å². The third-order valence-corrected chi connectivity index (χ3v) is 4.64. The Kier molecular flexibility index (Phi) is 5.20. The zero-order chi connectivity index (χ0) is 18.8. The Balaban J connectivity index is 1.79. The average molecular weight is 392 g/mol. The summed E-state index contributed by atoms with van der Waals surface area (Å²) in [5.41, 5.74) is 1.36. The summed E-state index contributed by atoms with van der Waals surface area (Å²) in [5, 5.41) is 13.7. The molecule has 134 valence electrons. The molecule has 0 aliphatic carbocycles. The van der Waals surface area contributed by atoms with E-state index in [4.69, 9.17) is 27.6 Å². The summed E-state index contributed by atoms with van der Waals surface area (Å²) in [4.78, 5) is 24.4. The molecule has 2 N–H and O–H groups in total. The number of rotatable bonds is 4. The van der Waals surface area contributed by atoms with Crippen molar-refractivity contribution in [3.05, 3.63) is 68.0 Å². The molecule has 0 atom stereocenters. The standard InChI is InChI=1S/C19H15Cl2NO4/c1-10-13-4-3-12(23)9-17(13)26-19(25)14(10)5-7-18(24)22-16-8-11(20)2-6-15(16)21/h2-4,6,8-9,23H,5,7H2,1H3,(H,22,24). The average Bonchev–Trinajstić information content (AvgIpc) is 2.57. The van der Waals surface area contributed by atoms with E-state index in [9.17, 15) is 14.7 Å². The number of carbonyl (C=O) groups excluding carboxylic acids is 1. The molecule has 5 nitrogen and oxygen atoms in total. The van der Waals surface area contributed by atoms with Crippen LogP contribution >= 0.6 is 23.2 Å². The van der Waals surface area contributed by atoms with Crippen LogP contribution in [0.3, 0.4) is 0 Å². The van der Waals surface area contributed by atoms with Gasteiger partial charge in [-0.3, -0.25) is 4.79 Å². The topological polar surface area (TPSA) is 79.5 Å². The maximum absolute atomic E-state index is 12.2. The lowest BCUT2D eigenvalue weighted by atomic mass is 10.0. The van der Waals surface area contributed by atoms with E-state index in [0.29, 0.717) is 26.9 Å². The Bertz CT molecular complexity index is 1060. The largest absolute Gasteiger partial charge is 0.508 e. The highest BCUT2D eigenvalue weighted by atomic mass is 35.5. The maximum atomic E-state index is 12.2. The van der Waals surface area contributed by atoms with Crippen molar-refractivity contribution >= 4 is 45.8 Å². The van der Waals surface area contributed by atoms with Crippen LogP contribution in [0, 0.1) is 6.92 Å². The number of hydrogen-bond donors (Lipinski definition) is 2. The van der Waals surface area contributed by atoms with Crippen molar-refractivity contribution in [2.75, 3.05) is 5.32 Å². The smallest absolute Gasteiger partial charge is 0.339 e. The number of aryl methyl sites for hydroxylation is 1. The number of fused-ring (bicyclic) bond motifs is 1. The molecule has 0 radical (unpaired) electrons. The first kappa shape index (κ1) is 18.3. The molecule has 1 aromatic heterocycles. The Morgan fingerprint density at radius 1 is 1.19 bits per heavy atom. The summed E-state index contributed by atoms with van der Waals surface area (Å²) in [6.07, 6.45) is 0.299. The van der Waals surface area contributed by atoms with Gasteiger partial charge in [-0.1, -0.05) is 23.2 Å². The van der Waals surface area contributed by atoms with Crippen LogP contribution in [-0.4, -0.2) is 11.0 Å². The van der Waals surface area contributed by atoms with Crippen molar-refractivity contribution in [3.63, 3.8) is 0 Å². The minimum absolute atomic E-state index is 0.0191. The summed E-state index contributed by atoms with van der Waals surface area (Å²) < 4.78 is 5.25. The number of hydrogen-bond acceptors (Lipinski definition) is 4. The van der Waals surface area contributed by atoms with Crippen LogP contribution in [0.15, 0.2) is 45.6 Å². The van der Waals surface area contributed by atoms with Crippen LogP contribution in [0.5, 0.6) is 5.75 Å². The maximum Gasteiger partial charge on any atom is 0.339 e. The summed E-state index contributed by atoms with van der Waals surface area (Å²) in [6.45, 7) is 1.79. The van der Waals surface area contributed by atoms with Crippen molar-refractivity contribution in [2.24, 2.45) is 0 Å². The second kappa shape index (κ2) is 7.40. The second-order valence-electron chi connectivity index (χ2n) is 5.85. The lowest BCUT2D eigenvalue weighted by molar-refractivity contribution is -0.116. The van der Waals surface area contributed by atoms with Gasteiger partial charge in [0.15, 0.2) is 0 Å². The van der Waals surface area contributed by atoms with Gasteiger partial charge in [0.2, 0.25) is 5.91 Å². The van der Waals surface area contributed by atoms with Crippen molar-refractivity contribution < 1.29 is 14.3 Å². The normalized spacial score (nSPS) is 10.9. The molecule has 0 saturated carbocycles. The van der Waals surface area contributed by atoms with Gasteiger partial charge >= 0.3 is 5.63 Å². The van der Waals surface area contributed by atoms with Gasteiger partial charge in [0, 0.05) is 28.5 Å². The fraction of sp³-hybridized carbons (Fsp3) is 0.158. The van der Waals surface area contributed by atoms with E-state index in [2.05, 4.69) is 5.32 Å². The molecule has 0 fully saturated rings. The Labute approximate surface area is 159 Å². The molecule has 1 heterocycles. The molecule has 7 heteroatoms. The number of nitrogens with one attached hydrogen (secondary N) is 1. The molecule has 26 heavy (non-hydrogen) atoms. The molecular formula is C19H15Cl2NO4. The summed E-state index contributed by atoms with van der Waals surface area (Å²) >= 11 is 11.9. The fourth-order valence-corrected chi connectivity index (χ4v) is 3.05. The number of aromatic hydroxyl groups is 1. The highest BCUT2D eigenvalue weighted by Crippen LogP contribution is 2.26. The third kappa shape index (κ3) is 3.84. The highest BCUT2D eigenvalue weighted by Gasteiger charge is 2.14. The fourth-order valence-electron chi connectivity index (χ4n) is 2.72. The van der Waals surface area contributed by atoms with E-state index >= 15 is 0 Å². The molecule has 0 bridgehead atoms. The van der Waals surface area contributed by atoms with E-state index in [1.165, 1.54) is 12.1 Å². The van der Waals surface area contributed by atoms with Gasteiger partial charge < -0.3 is 14.8 Å². The number of amides is 1. The van der Waals surface area contributed by atoms with Gasteiger partial charge in [-0.15, -0.1) is 0 Å². The van der Waals surface area contributed by atoms with Crippen molar-refractivity contribution in [1.29, 1.82) is 0 Å². The van der Waals surface area contributed by atoms with E-state index in [1.807, 2.05) is 0 Å². The van der Waals surface area contributed by atoms with Crippen molar-refractivity contribution in [2.45, 2.75) is 19.8 Å². The summed E-state index contributed by atoms with van der Waals surface area (Å²) in [6, 6.07) is 9.37. The van der Waals surface area contributed by atoms with Crippen LogP contribution in [0.1, 0.15) is 17.5 Å². The van der Waals surface area contributed by atoms with Crippen molar-refractivity contribution in [3.8, 4) is 5.75 Å². The van der Waals surface area contributed by atoms with Crippen LogP contribution in [0.4, 0.5) is 5.69 Å². The van der Waals surface area contributed by atoms with Gasteiger partial charge in [-0.25, -0.2) is 4.79 Å². The predicted molar refractivity (Wildman–Crippen MR) is 102 cm³/mol. The first-order valence-corrected chi connectivity index (χ1v) is 8.61. The molecular weight excluding hydrogens is 377 g/mol. The van der Waals surface area contributed by atoms with Gasteiger partial charge in [0.1, 0.15) is 11.3 Å². The lowest BCUT2D eigenvalue weighted by Gasteiger charge is -2.09. The van der Waals surface area contributed by atoms with Gasteiger partial charge in [0.25, 0.3) is 0 Å². The van der Waals surface area contributed by atoms with Gasteiger partial charge in [0.05, 0.1) is 10.7 Å². The first-order valence-electron chi connectivity index (χ1n) is 7.85. The zero-order valence-corrected chi connectivity index (χ0v) is 15.3. The second-order valence-corrected chi connectivity index (χ2v) is 6.69. The Morgan fingerprint density at radius 3 is 2.73 bits per heavy atom. The monoisotopic (exact) mass is 391 g/mol. The number of benzene rings is 2. The predicted octanol–water partition coefficient (Wildman–Crippen LogP) is 4.69. The van der Waals surface area contributed by atoms with Gasteiger partial charge in [-0.2, -0.15) is 0 Å². The quantitative estimate of drug-likeness (QED) is 0.632. The van der Waals surface area contributed by atoms with Crippen molar-refractivity contribution in [1.82, 2.24) is 0 Å². The lowest BCUT2D eigenvalue weighted by Crippen LogP contribution is -2.16. The number of anilines is 1. The van der Waals surface area contributed by atoms with E-state index in [-0.39, 0.29) is 24.5 Å². The van der Waals surface area contributed by atoms with Crippen LogP contribution < -0.4 is 10.9 Å². The molecule has 2 aromatic carbocycles. The number of halogens is 2.